The fourth-order valence-electron chi connectivity index (χ4n) is 2.05. The highest BCUT2D eigenvalue weighted by atomic mass is 16.5. The van der Waals surface area contributed by atoms with Crippen LogP contribution in [0.3, 0.4) is 0 Å². The molecule has 0 radical (unpaired) electrons. The van der Waals surface area contributed by atoms with Gasteiger partial charge in [0.2, 0.25) is 0 Å². The Hall–Kier alpha value is -2.49. The first-order valence-corrected chi connectivity index (χ1v) is 7.89. The lowest BCUT2D eigenvalue weighted by Crippen LogP contribution is -2.20. The molecule has 0 spiro atoms. The van der Waals surface area contributed by atoms with Crippen molar-refractivity contribution in [2.24, 2.45) is 0 Å². The third-order valence-corrected chi connectivity index (χ3v) is 3.24. The van der Waals surface area contributed by atoms with Crippen molar-refractivity contribution in [2.75, 3.05) is 18.5 Å². The number of amides is 1. The fourth-order valence-corrected chi connectivity index (χ4v) is 2.05. The normalized spacial score (nSPS) is 10.2. The molecule has 122 valence electrons. The van der Waals surface area contributed by atoms with Crippen LogP contribution in [-0.2, 0) is 4.79 Å². The first-order valence-electron chi connectivity index (χ1n) is 7.89. The van der Waals surface area contributed by atoms with Crippen molar-refractivity contribution in [2.45, 2.75) is 26.7 Å². The summed E-state index contributed by atoms with van der Waals surface area (Å²) in [6.07, 6.45) is 2.10. The lowest BCUT2D eigenvalue weighted by molar-refractivity contribution is -0.118. The number of aryl methyl sites for hydroxylation is 1. The molecule has 0 bridgehead atoms. The van der Waals surface area contributed by atoms with E-state index in [-0.39, 0.29) is 12.5 Å². The smallest absolute Gasteiger partial charge is 0.262 e. The molecule has 0 saturated heterocycles. The van der Waals surface area contributed by atoms with Gasteiger partial charge in [0.25, 0.3) is 5.91 Å². The van der Waals surface area contributed by atoms with Crippen LogP contribution in [0.15, 0.2) is 48.5 Å². The third-order valence-electron chi connectivity index (χ3n) is 3.24. The van der Waals surface area contributed by atoms with Gasteiger partial charge >= 0.3 is 0 Å². The van der Waals surface area contributed by atoms with Crippen LogP contribution in [0.1, 0.15) is 25.3 Å². The van der Waals surface area contributed by atoms with Gasteiger partial charge < -0.3 is 14.8 Å². The Morgan fingerprint density at radius 2 is 1.78 bits per heavy atom. The fraction of sp³-hybridized carbons (Fsp3) is 0.316. The number of benzene rings is 2. The molecule has 2 aromatic carbocycles. The number of rotatable bonds is 8. The molecular weight excluding hydrogens is 290 g/mol. The summed E-state index contributed by atoms with van der Waals surface area (Å²) in [6, 6.07) is 15.0. The highest BCUT2D eigenvalue weighted by Gasteiger charge is 2.05. The summed E-state index contributed by atoms with van der Waals surface area (Å²) in [4.78, 5) is 12.0. The van der Waals surface area contributed by atoms with E-state index in [1.54, 1.807) is 0 Å². The van der Waals surface area contributed by atoms with Gasteiger partial charge in [0.15, 0.2) is 6.61 Å². The zero-order valence-electron chi connectivity index (χ0n) is 13.7. The number of carbonyl (C=O) groups excluding carboxylic acids is 1. The van der Waals surface area contributed by atoms with E-state index in [4.69, 9.17) is 9.47 Å². The number of hydrogen-bond acceptors (Lipinski definition) is 3. The number of unbranched alkanes of at least 4 members (excludes halogenated alkanes) is 1. The van der Waals surface area contributed by atoms with Crippen molar-refractivity contribution >= 4 is 11.6 Å². The second kappa shape index (κ2) is 8.83. The molecule has 1 N–H and O–H groups in total. The average Bonchev–Trinajstić information content (AvgIpc) is 2.54. The second-order valence-corrected chi connectivity index (χ2v) is 5.38. The van der Waals surface area contributed by atoms with E-state index in [1.807, 2.05) is 55.5 Å². The van der Waals surface area contributed by atoms with Gasteiger partial charge in [-0.1, -0.05) is 31.5 Å². The van der Waals surface area contributed by atoms with E-state index in [0.717, 1.165) is 24.2 Å². The van der Waals surface area contributed by atoms with Crippen LogP contribution >= 0.6 is 0 Å². The molecule has 23 heavy (non-hydrogen) atoms. The van der Waals surface area contributed by atoms with E-state index in [9.17, 15) is 4.79 Å². The predicted octanol–water partition coefficient (Wildman–Crippen LogP) is 4.19. The van der Waals surface area contributed by atoms with E-state index in [2.05, 4.69) is 12.2 Å². The van der Waals surface area contributed by atoms with E-state index < -0.39 is 0 Å². The third kappa shape index (κ3) is 6.02. The first-order chi connectivity index (χ1) is 11.2. The Morgan fingerprint density at radius 3 is 2.52 bits per heavy atom. The number of carbonyl (C=O) groups is 1. The molecule has 0 heterocycles. The van der Waals surface area contributed by atoms with Gasteiger partial charge in [-0.2, -0.15) is 0 Å². The van der Waals surface area contributed by atoms with Crippen LogP contribution in [0.25, 0.3) is 0 Å². The standard InChI is InChI=1S/C19H23NO3/c1-3-4-11-22-18-10-6-8-16(13-18)20-19(21)14-23-17-9-5-7-15(2)12-17/h5-10,12-13H,3-4,11,14H2,1-2H3,(H,20,21). The minimum absolute atomic E-state index is 0.0234. The van der Waals surface area contributed by atoms with Crippen LogP contribution in [-0.4, -0.2) is 19.1 Å². The lowest BCUT2D eigenvalue weighted by Gasteiger charge is -2.10. The van der Waals surface area contributed by atoms with Gasteiger partial charge in [0.05, 0.1) is 6.61 Å². The topological polar surface area (TPSA) is 47.6 Å². The Balaban J connectivity index is 1.83. The summed E-state index contributed by atoms with van der Waals surface area (Å²) in [7, 11) is 0. The summed E-state index contributed by atoms with van der Waals surface area (Å²) in [5, 5.41) is 2.81. The van der Waals surface area contributed by atoms with Crippen LogP contribution in [0.4, 0.5) is 5.69 Å². The molecule has 4 nitrogen and oxygen atoms in total. The molecule has 0 unspecified atom stereocenters. The summed E-state index contributed by atoms with van der Waals surface area (Å²) in [5.74, 6) is 1.25. The van der Waals surface area contributed by atoms with Crippen molar-refractivity contribution in [1.82, 2.24) is 0 Å². The van der Waals surface area contributed by atoms with Crippen molar-refractivity contribution in [3.63, 3.8) is 0 Å². The van der Waals surface area contributed by atoms with Crippen molar-refractivity contribution in [3.8, 4) is 11.5 Å². The molecule has 0 aromatic heterocycles. The lowest BCUT2D eigenvalue weighted by atomic mass is 10.2. The molecule has 0 fully saturated rings. The molecular formula is C19H23NO3. The van der Waals surface area contributed by atoms with Gasteiger partial charge in [-0.05, 0) is 43.2 Å². The maximum Gasteiger partial charge on any atom is 0.262 e. The SMILES string of the molecule is CCCCOc1cccc(NC(=O)COc2cccc(C)c2)c1. The predicted molar refractivity (Wildman–Crippen MR) is 92.1 cm³/mol. The molecule has 0 saturated carbocycles. The number of ether oxygens (including phenoxy) is 2. The highest BCUT2D eigenvalue weighted by Crippen LogP contribution is 2.18. The Kier molecular flexibility index (Phi) is 6.48. The first kappa shape index (κ1) is 16.9. The molecule has 0 aliphatic rings. The quantitative estimate of drug-likeness (QED) is 0.743. The number of nitrogens with one attached hydrogen (secondary N) is 1. The zero-order chi connectivity index (χ0) is 16.5. The largest absolute Gasteiger partial charge is 0.494 e. The summed E-state index contributed by atoms with van der Waals surface area (Å²) in [6.45, 7) is 4.76. The maximum atomic E-state index is 12.0. The molecule has 1 amide bonds. The summed E-state index contributed by atoms with van der Waals surface area (Å²) >= 11 is 0. The van der Waals surface area contributed by atoms with Crippen molar-refractivity contribution < 1.29 is 14.3 Å². The van der Waals surface area contributed by atoms with Gasteiger partial charge in [0, 0.05) is 11.8 Å². The Labute approximate surface area is 137 Å². The minimum Gasteiger partial charge on any atom is -0.494 e. The van der Waals surface area contributed by atoms with E-state index >= 15 is 0 Å². The maximum absolute atomic E-state index is 12.0. The van der Waals surface area contributed by atoms with E-state index in [0.29, 0.717) is 18.0 Å². The van der Waals surface area contributed by atoms with Gasteiger partial charge in [-0.25, -0.2) is 0 Å². The minimum atomic E-state index is -0.197. The van der Waals surface area contributed by atoms with Gasteiger partial charge in [0.1, 0.15) is 11.5 Å². The molecule has 2 rings (SSSR count). The zero-order valence-corrected chi connectivity index (χ0v) is 13.7. The van der Waals surface area contributed by atoms with Crippen LogP contribution < -0.4 is 14.8 Å². The molecule has 0 aliphatic carbocycles. The van der Waals surface area contributed by atoms with Crippen molar-refractivity contribution in [1.29, 1.82) is 0 Å². The van der Waals surface area contributed by atoms with Gasteiger partial charge in [-0.3, -0.25) is 4.79 Å². The number of anilines is 1. The van der Waals surface area contributed by atoms with Crippen LogP contribution in [0.2, 0.25) is 0 Å². The molecule has 0 atom stereocenters. The van der Waals surface area contributed by atoms with Crippen molar-refractivity contribution in [3.05, 3.63) is 54.1 Å². The Morgan fingerprint density at radius 1 is 1.04 bits per heavy atom. The molecule has 4 heteroatoms. The number of hydrogen-bond donors (Lipinski definition) is 1. The average molecular weight is 313 g/mol. The van der Waals surface area contributed by atoms with Crippen LogP contribution in [0.5, 0.6) is 11.5 Å². The molecule has 2 aromatic rings. The monoisotopic (exact) mass is 313 g/mol. The van der Waals surface area contributed by atoms with Crippen LogP contribution in [0, 0.1) is 6.92 Å². The Bertz CT molecular complexity index is 640. The second-order valence-electron chi connectivity index (χ2n) is 5.38. The molecule has 0 aliphatic heterocycles. The summed E-state index contributed by atoms with van der Waals surface area (Å²) in [5.41, 5.74) is 1.80. The summed E-state index contributed by atoms with van der Waals surface area (Å²) < 4.78 is 11.1. The van der Waals surface area contributed by atoms with E-state index in [1.165, 1.54) is 0 Å². The highest BCUT2D eigenvalue weighted by molar-refractivity contribution is 5.92. The van der Waals surface area contributed by atoms with Gasteiger partial charge in [-0.15, -0.1) is 0 Å².